The summed E-state index contributed by atoms with van der Waals surface area (Å²) in [5.41, 5.74) is 3.59. The molecule has 0 spiro atoms. The van der Waals surface area contributed by atoms with Gasteiger partial charge in [-0.15, -0.1) is 0 Å². The van der Waals surface area contributed by atoms with Crippen LogP contribution >= 0.6 is 11.6 Å². The van der Waals surface area contributed by atoms with Crippen molar-refractivity contribution in [2.75, 3.05) is 6.61 Å². The Hall–Kier alpha value is -2.79. The Bertz CT molecular complexity index is 1070. The van der Waals surface area contributed by atoms with Crippen LogP contribution in [0.3, 0.4) is 0 Å². The number of nitrogens with zero attached hydrogens (tertiary/aromatic N) is 1. The normalized spacial score (nSPS) is 23.3. The number of hydrogen-bond acceptors (Lipinski definition) is 4. The molecule has 1 heterocycles. The number of aliphatic imine (C=N–C) groups is 1. The number of Topliss-reactive ketones (excluding diaryl/α,β-unsaturated/α-hetero) is 1. The number of esters is 1. The van der Waals surface area contributed by atoms with E-state index < -0.39 is 17.8 Å². The van der Waals surface area contributed by atoms with Crippen LogP contribution in [-0.2, 0) is 14.3 Å². The standard InChI is InChI=1S/C25H23ClFNO3/c1-3-31-25(30)22-14(2)28-20-12-17(15-4-8-18(26)9-5-15)13-21(29)24(20)23(22)16-6-10-19(27)11-7-16/h4-11,17,22-23H,3,12-13H2,1-2H3/t17-,22?,23-/m1/s1. The van der Waals surface area contributed by atoms with Crippen LogP contribution in [0.4, 0.5) is 4.39 Å². The van der Waals surface area contributed by atoms with Crippen LogP contribution in [0.5, 0.6) is 0 Å². The van der Waals surface area contributed by atoms with E-state index in [-0.39, 0.29) is 24.1 Å². The fourth-order valence-electron chi connectivity index (χ4n) is 4.60. The highest BCUT2D eigenvalue weighted by Crippen LogP contribution is 2.46. The highest BCUT2D eigenvalue weighted by atomic mass is 35.5. The Morgan fingerprint density at radius 1 is 1.10 bits per heavy atom. The van der Waals surface area contributed by atoms with Gasteiger partial charge in [0.1, 0.15) is 11.7 Å². The smallest absolute Gasteiger partial charge is 0.315 e. The van der Waals surface area contributed by atoms with Crippen molar-refractivity contribution in [3.8, 4) is 0 Å². The van der Waals surface area contributed by atoms with Gasteiger partial charge >= 0.3 is 5.97 Å². The van der Waals surface area contributed by atoms with Crippen molar-refractivity contribution in [3.05, 3.63) is 81.8 Å². The van der Waals surface area contributed by atoms with E-state index >= 15 is 0 Å². The molecule has 0 N–H and O–H groups in total. The maximum atomic E-state index is 13.6. The number of ketones is 1. The third kappa shape index (κ3) is 4.19. The fourth-order valence-corrected chi connectivity index (χ4v) is 4.72. The van der Waals surface area contributed by atoms with Crippen molar-refractivity contribution in [2.45, 2.75) is 38.5 Å². The highest BCUT2D eigenvalue weighted by molar-refractivity contribution is 6.30. The van der Waals surface area contributed by atoms with Crippen LogP contribution in [0.15, 0.2) is 64.8 Å². The number of allylic oxidation sites excluding steroid dienone is 2. The third-order valence-corrected chi connectivity index (χ3v) is 6.25. The van der Waals surface area contributed by atoms with Gasteiger partial charge in [-0.05, 0) is 61.6 Å². The first-order chi connectivity index (χ1) is 14.9. The number of rotatable bonds is 4. The Morgan fingerprint density at radius 2 is 1.74 bits per heavy atom. The minimum atomic E-state index is -0.708. The fraction of sp³-hybridized carbons (Fsp3) is 0.320. The predicted octanol–water partition coefficient (Wildman–Crippen LogP) is 5.62. The monoisotopic (exact) mass is 439 g/mol. The van der Waals surface area contributed by atoms with Gasteiger partial charge < -0.3 is 4.74 Å². The van der Waals surface area contributed by atoms with Crippen molar-refractivity contribution in [1.82, 2.24) is 0 Å². The zero-order valence-electron chi connectivity index (χ0n) is 17.4. The summed E-state index contributed by atoms with van der Waals surface area (Å²) in [5, 5.41) is 0.644. The first-order valence-electron chi connectivity index (χ1n) is 10.4. The van der Waals surface area contributed by atoms with Gasteiger partial charge in [-0.1, -0.05) is 35.9 Å². The molecule has 2 aliphatic rings. The van der Waals surface area contributed by atoms with E-state index in [1.165, 1.54) is 12.1 Å². The van der Waals surface area contributed by atoms with Crippen molar-refractivity contribution in [2.24, 2.45) is 10.9 Å². The summed E-state index contributed by atoms with van der Waals surface area (Å²) in [6.45, 7) is 3.77. The van der Waals surface area contributed by atoms with Crippen molar-refractivity contribution in [3.63, 3.8) is 0 Å². The molecule has 0 aromatic heterocycles. The summed E-state index contributed by atoms with van der Waals surface area (Å²) in [7, 11) is 0. The number of carbonyl (C=O) groups is 2. The van der Waals surface area contributed by atoms with Crippen molar-refractivity contribution < 1.29 is 18.7 Å². The Kier molecular flexibility index (Phi) is 6.05. The summed E-state index contributed by atoms with van der Waals surface area (Å²) in [6.07, 6.45) is 0.912. The molecule has 4 nitrogen and oxygen atoms in total. The molecule has 3 atom stereocenters. The first-order valence-corrected chi connectivity index (χ1v) is 10.8. The van der Waals surface area contributed by atoms with Gasteiger partial charge in [0.25, 0.3) is 0 Å². The lowest BCUT2D eigenvalue weighted by molar-refractivity contribution is -0.146. The molecule has 0 bridgehead atoms. The maximum Gasteiger partial charge on any atom is 0.315 e. The maximum absolute atomic E-state index is 13.6. The van der Waals surface area contributed by atoms with E-state index in [2.05, 4.69) is 0 Å². The average molecular weight is 440 g/mol. The van der Waals surface area contributed by atoms with E-state index in [1.54, 1.807) is 26.0 Å². The molecule has 1 aliphatic heterocycles. The molecule has 0 saturated heterocycles. The van der Waals surface area contributed by atoms with Crippen molar-refractivity contribution in [1.29, 1.82) is 0 Å². The molecule has 0 radical (unpaired) electrons. The molecule has 160 valence electrons. The Morgan fingerprint density at radius 3 is 2.39 bits per heavy atom. The molecular weight excluding hydrogens is 417 g/mol. The molecule has 31 heavy (non-hydrogen) atoms. The lowest BCUT2D eigenvalue weighted by atomic mass is 9.69. The summed E-state index contributed by atoms with van der Waals surface area (Å²) < 4.78 is 18.9. The number of halogens is 2. The lowest BCUT2D eigenvalue weighted by Gasteiger charge is -2.36. The summed E-state index contributed by atoms with van der Waals surface area (Å²) >= 11 is 6.01. The average Bonchev–Trinajstić information content (AvgIpc) is 2.74. The van der Waals surface area contributed by atoms with Crippen molar-refractivity contribution >= 4 is 29.1 Å². The highest BCUT2D eigenvalue weighted by Gasteiger charge is 2.44. The molecule has 0 fully saturated rings. The Labute approximate surface area is 185 Å². The van der Waals surface area contributed by atoms with Gasteiger partial charge in [0.2, 0.25) is 0 Å². The van der Waals surface area contributed by atoms with Gasteiger partial charge in [-0.2, -0.15) is 0 Å². The summed E-state index contributed by atoms with van der Waals surface area (Å²) in [5.74, 6) is -2.08. The molecule has 0 amide bonds. The largest absolute Gasteiger partial charge is 0.465 e. The van der Waals surface area contributed by atoms with E-state index in [1.807, 2.05) is 24.3 Å². The molecule has 2 aromatic carbocycles. The number of carbonyl (C=O) groups excluding carboxylic acids is 2. The van der Waals surface area contributed by atoms with Gasteiger partial charge in [0.05, 0.1) is 6.61 Å². The van der Waals surface area contributed by atoms with Gasteiger partial charge in [-0.3, -0.25) is 14.6 Å². The third-order valence-electron chi connectivity index (χ3n) is 6.00. The number of hydrogen-bond donors (Lipinski definition) is 0. The second kappa shape index (κ2) is 8.75. The van der Waals surface area contributed by atoms with Crippen LogP contribution in [0, 0.1) is 11.7 Å². The van der Waals surface area contributed by atoms with E-state index in [0.717, 1.165) is 5.56 Å². The minimum absolute atomic E-state index is 0.00641. The topological polar surface area (TPSA) is 55.7 Å². The quantitative estimate of drug-likeness (QED) is 0.581. The van der Waals surface area contributed by atoms with E-state index in [0.29, 0.717) is 40.4 Å². The lowest BCUT2D eigenvalue weighted by Crippen LogP contribution is -2.38. The SMILES string of the molecule is CCOC(=O)C1C(C)=NC2=C(C(=O)C[C@H](c3ccc(Cl)cc3)C2)[C@@H]1c1ccc(F)cc1. The van der Waals surface area contributed by atoms with E-state index in [4.69, 9.17) is 21.3 Å². The summed E-state index contributed by atoms with van der Waals surface area (Å²) in [6, 6.07) is 13.5. The molecule has 0 saturated carbocycles. The first kappa shape index (κ1) is 21.4. The second-order valence-electron chi connectivity index (χ2n) is 7.95. The molecule has 6 heteroatoms. The van der Waals surface area contributed by atoms with Crippen LogP contribution in [0.25, 0.3) is 0 Å². The molecular formula is C25H23ClFNO3. The second-order valence-corrected chi connectivity index (χ2v) is 8.39. The van der Waals surface area contributed by atoms with E-state index in [9.17, 15) is 14.0 Å². The predicted molar refractivity (Wildman–Crippen MR) is 118 cm³/mol. The van der Waals surface area contributed by atoms with Crippen LogP contribution in [0.1, 0.15) is 49.7 Å². The Balaban J connectivity index is 1.78. The van der Waals surface area contributed by atoms with Gasteiger partial charge in [-0.25, -0.2) is 4.39 Å². The zero-order valence-corrected chi connectivity index (χ0v) is 18.2. The molecule has 2 aromatic rings. The molecule has 1 aliphatic carbocycles. The van der Waals surface area contributed by atoms with Crippen LogP contribution < -0.4 is 0 Å². The zero-order chi connectivity index (χ0) is 22.1. The number of ether oxygens (including phenoxy) is 1. The van der Waals surface area contributed by atoms with Gasteiger partial charge in [0, 0.05) is 34.3 Å². The minimum Gasteiger partial charge on any atom is -0.465 e. The van der Waals surface area contributed by atoms with Gasteiger partial charge in [0.15, 0.2) is 5.78 Å². The summed E-state index contributed by atoms with van der Waals surface area (Å²) in [4.78, 5) is 30.9. The molecule has 1 unspecified atom stereocenters. The van der Waals surface area contributed by atoms with Crippen LogP contribution in [0.2, 0.25) is 5.02 Å². The van der Waals surface area contributed by atoms with Crippen LogP contribution in [-0.4, -0.2) is 24.1 Å². The number of benzene rings is 2. The molecule has 4 rings (SSSR count).